The number of rotatable bonds is 8. The van der Waals surface area contributed by atoms with Crippen LogP contribution in [0.4, 0.5) is 4.39 Å². The van der Waals surface area contributed by atoms with Crippen molar-refractivity contribution in [2.45, 2.75) is 89.9 Å². The third-order valence-electron chi connectivity index (χ3n) is 10.1. The fourth-order valence-electron chi connectivity index (χ4n) is 6.92. The van der Waals surface area contributed by atoms with Crippen LogP contribution in [-0.2, 0) is 40.2 Å². The number of hydrogen-bond acceptors (Lipinski definition) is 7. The minimum atomic E-state index is -0.779. The minimum Gasteiger partial charge on any atom is -0.355 e. The van der Waals surface area contributed by atoms with Crippen LogP contribution in [0.1, 0.15) is 85.1 Å². The summed E-state index contributed by atoms with van der Waals surface area (Å²) >= 11 is 0. The van der Waals surface area contributed by atoms with E-state index >= 15 is 0 Å². The van der Waals surface area contributed by atoms with E-state index in [1.807, 2.05) is 44.2 Å². The maximum absolute atomic E-state index is 14.9. The number of hydrogen-bond donors (Lipinski definition) is 3. The summed E-state index contributed by atoms with van der Waals surface area (Å²) in [6.07, 6.45) is 5.59. The summed E-state index contributed by atoms with van der Waals surface area (Å²) in [6, 6.07) is 12.5. The Bertz CT molecular complexity index is 1730. The van der Waals surface area contributed by atoms with Crippen LogP contribution in [0.5, 0.6) is 0 Å². The average Bonchev–Trinajstić information content (AvgIpc) is 3.61. The highest BCUT2D eigenvalue weighted by molar-refractivity contribution is 5.98. The first-order valence-corrected chi connectivity index (χ1v) is 18.2. The van der Waals surface area contributed by atoms with Crippen molar-refractivity contribution < 1.29 is 23.6 Å². The van der Waals surface area contributed by atoms with Crippen molar-refractivity contribution in [1.82, 2.24) is 35.2 Å². The van der Waals surface area contributed by atoms with Crippen LogP contribution >= 0.6 is 0 Å². The number of nitrogens with two attached hydrogens (primary N) is 1. The van der Waals surface area contributed by atoms with E-state index in [1.54, 1.807) is 16.8 Å². The number of amides is 4. The average molecular weight is 701 g/mol. The van der Waals surface area contributed by atoms with E-state index in [1.165, 1.54) is 15.9 Å². The number of aryl methyl sites for hydroxylation is 1. The molecule has 3 heterocycles. The number of carbonyl (C=O) groups is 4. The molecule has 1 aromatic heterocycles. The third-order valence-corrected chi connectivity index (χ3v) is 10.1. The summed E-state index contributed by atoms with van der Waals surface area (Å²) in [4.78, 5) is 62.6. The van der Waals surface area contributed by atoms with Gasteiger partial charge in [0.1, 0.15) is 24.2 Å². The van der Waals surface area contributed by atoms with Gasteiger partial charge < -0.3 is 26.2 Å². The van der Waals surface area contributed by atoms with Gasteiger partial charge >= 0.3 is 0 Å². The summed E-state index contributed by atoms with van der Waals surface area (Å²) < 4.78 is 16.5. The molecule has 6 rings (SSSR count). The number of fused-ring (bicyclic) bond motifs is 3. The lowest BCUT2D eigenvalue weighted by atomic mass is 10.0. The van der Waals surface area contributed by atoms with E-state index in [-0.39, 0.29) is 48.8 Å². The summed E-state index contributed by atoms with van der Waals surface area (Å²) in [7, 11) is 0. The fraction of sp³-hybridized carbons (Fsp3) is 0.526. The molecular formula is C38H49FN8O4. The molecule has 272 valence electrons. The molecule has 0 unspecified atom stereocenters. The van der Waals surface area contributed by atoms with Gasteiger partial charge in [-0.15, -0.1) is 0 Å². The molecule has 4 amide bonds. The molecule has 1 saturated carbocycles. The van der Waals surface area contributed by atoms with Crippen LogP contribution in [-0.4, -0.2) is 86.5 Å². The molecule has 12 nitrogen and oxygen atoms in total. The summed E-state index contributed by atoms with van der Waals surface area (Å²) in [5, 5.41) is 10.7. The molecule has 3 aromatic rings. The number of nitrogens with zero attached hydrogens (tertiary/aromatic N) is 5. The monoisotopic (exact) mass is 700 g/mol. The Hall–Kier alpha value is -4.65. The maximum Gasteiger partial charge on any atom is 0.257 e. The Morgan fingerprint density at radius 1 is 1.06 bits per heavy atom. The molecule has 2 aromatic carbocycles. The number of nitrogens with one attached hydrogen (secondary N) is 2. The van der Waals surface area contributed by atoms with Gasteiger partial charge in [0.2, 0.25) is 17.7 Å². The zero-order chi connectivity index (χ0) is 36.1. The second-order valence-corrected chi connectivity index (χ2v) is 14.5. The fourth-order valence-corrected chi connectivity index (χ4v) is 6.92. The molecule has 2 fully saturated rings. The van der Waals surface area contributed by atoms with Gasteiger partial charge in [-0.3, -0.25) is 19.2 Å². The first kappa shape index (κ1) is 36.2. The van der Waals surface area contributed by atoms with E-state index in [9.17, 15) is 23.6 Å². The normalized spacial score (nSPS) is 21.2. The highest BCUT2D eigenvalue weighted by Crippen LogP contribution is 2.32. The highest BCUT2D eigenvalue weighted by Gasteiger charge is 2.37. The lowest BCUT2D eigenvalue weighted by Crippen LogP contribution is -2.55. The van der Waals surface area contributed by atoms with E-state index in [0.717, 1.165) is 30.4 Å². The quantitative estimate of drug-likeness (QED) is 0.327. The summed E-state index contributed by atoms with van der Waals surface area (Å²) in [5.74, 6) is -0.646. The van der Waals surface area contributed by atoms with Gasteiger partial charge in [-0.05, 0) is 80.0 Å². The van der Waals surface area contributed by atoms with Gasteiger partial charge in [0.05, 0.1) is 18.2 Å². The first-order chi connectivity index (χ1) is 24.5. The van der Waals surface area contributed by atoms with Crippen LogP contribution in [0.3, 0.4) is 0 Å². The standard InChI is InChI=1S/C38H49FN8O4/c1-24(2)31-21-45(35(49)23-47-36(43-33(44-47)20-27-12-13-27)30(40)19-25-8-4-3-5-9-25)22-34(48)41-16-6-10-26-14-15-29(39)28(18-26)38(51)46-17-7-11-32(46)37(50)42-31/h3-5,8-9,14-15,18,24,27,30-32H,6-7,10-13,16-17,19-23,40H2,1-2H3,(H,41,48)(H,42,50)/t30-,31+,32+/m1/s1. The number of aromatic nitrogens is 3. The highest BCUT2D eigenvalue weighted by atomic mass is 19.1. The molecule has 2 bridgehead atoms. The van der Waals surface area contributed by atoms with Crippen molar-refractivity contribution in [3.05, 3.63) is 82.7 Å². The van der Waals surface area contributed by atoms with Crippen molar-refractivity contribution in [2.24, 2.45) is 17.6 Å². The Balaban J connectivity index is 1.25. The smallest absolute Gasteiger partial charge is 0.257 e. The third kappa shape index (κ3) is 9.18. The lowest BCUT2D eigenvalue weighted by Gasteiger charge is -2.32. The van der Waals surface area contributed by atoms with Gasteiger partial charge in [-0.2, -0.15) is 5.10 Å². The predicted molar refractivity (Wildman–Crippen MR) is 189 cm³/mol. The van der Waals surface area contributed by atoms with Crippen LogP contribution < -0.4 is 16.4 Å². The lowest BCUT2D eigenvalue weighted by molar-refractivity contribution is -0.137. The molecule has 0 spiro atoms. The molecule has 1 aliphatic carbocycles. The molecule has 3 atom stereocenters. The second kappa shape index (κ2) is 16.1. The van der Waals surface area contributed by atoms with E-state index in [2.05, 4.69) is 10.6 Å². The topological polar surface area (TPSA) is 156 Å². The van der Waals surface area contributed by atoms with Gasteiger partial charge in [-0.1, -0.05) is 50.2 Å². The largest absolute Gasteiger partial charge is 0.355 e. The summed E-state index contributed by atoms with van der Waals surface area (Å²) in [6.45, 7) is 4.18. The van der Waals surface area contributed by atoms with Gasteiger partial charge in [0, 0.05) is 32.1 Å². The molecule has 2 aliphatic heterocycles. The van der Waals surface area contributed by atoms with Gasteiger partial charge in [0.25, 0.3) is 5.91 Å². The van der Waals surface area contributed by atoms with E-state index in [0.29, 0.717) is 62.8 Å². The Labute approximate surface area is 298 Å². The molecule has 4 N–H and O–H groups in total. The zero-order valence-electron chi connectivity index (χ0n) is 29.5. The van der Waals surface area contributed by atoms with Crippen molar-refractivity contribution in [2.75, 3.05) is 26.2 Å². The van der Waals surface area contributed by atoms with E-state index in [4.69, 9.17) is 15.8 Å². The van der Waals surface area contributed by atoms with Crippen LogP contribution in [0.25, 0.3) is 0 Å². The molecule has 13 heteroatoms. The van der Waals surface area contributed by atoms with Crippen molar-refractivity contribution in [3.63, 3.8) is 0 Å². The van der Waals surface area contributed by atoms with Crippen LogP contribution in [0.2, 0.25) is 0 Å². The van der Waals surface area contributed by atoms with Crippen molar-refractivity contribution in [1.29, 1.82) is 0 Å². The predicted octanol–water partition coefficient (Wildman–Crippen LogP) is 2.95. The van der Waals surface area contributed by atoms with Crippen LogP contribution in [0.15, 0.2) is 48.5 Å². The number of benzene rings is 2. The molecule has 51 heavy (non-hydrogen) atoms. The Morgan fingerprint density at radius 2 is 1.84 bits per heavy atom. The number of halogens is 1. The zero-order valence-corrected chi connectivity index (χ0v) is 29.5. The van der Waals surface area contributed by atoms with Gasteiger partial charge in [-0.25, -0.2) is 14.1 Å². The maximum atomic E-state index is 14.9. The molecule has 3 aliphatic rings. The SMILES string of the molecule is CC(C)[C@@H]1CN(C(=O)Cn2nc(CC3CC3)nc2[C@H](N)Cc2ccccc2)CC(=O)NCCCc2ccc(F)c(c2)C(=O)N2CCC[C@H]2C(=O)N1. The minimum absolute atomic E-state index is 0.0563. The summed E-state index contributed by atoms with van der Waals surface area (Å²) in [5.41, 5.74) is 8.43. The molecule has 0 radical (unpaired) electrons. The Morgan fingerprint density at radius 3 is 2.59 bits per heavy atom. The van der Waals surface area contributed by atoms with Crippen LogP contribution in [0, 0.1) is 17.7 Å². The van der Waals surface area contributed by atoms with Crippen molar-refractivity contribution in [3.8, 4) is 0 Å². The van der Waals surface area contributed by atoms with Gasteiger partial charge in [0.15, 0.2) is 5.82 Å². The second-order valence-electron chi connectivity index (χ2n) is 14.5. The van der Waals surface area contributed by atoms with Crippen molar-refractivity contribution >= 4 is 23.6 Å². The number of carbonyl (C=O) groups excluding carboxylic acids is 4. The first-order valence-electron chi connectivity index (χ1n) is 18.2. The Kier molecular flexibility index (Phi) is 11.4. The molecule has 1 saturated heterocycles. The van der Waals surface area contributed by atoms with E-state index < -0.39 is 29.8 Å². The molecular weight excluding hydrogens is 651 g/mol.